The number of hydrogen-bond donors (Lipinski definition) is 0. The average Bonchev–Trinajstić information content (AvgIpc) is 2.82. The molecule has 4 heteroatoms. The number of imide groups is 1. The van der Waals surface area contributed by atoms with Gasteiger partial charge in [0.05, 0.1) is 16.7 Å². The molecule has 1 aromatic carbocycles. The van der Waals surface area contributed by atoms with Crippen LogP contribution in [0.4, 0.5) is 0 Å². The summed E-state index contributed by atoms with van der Waals surface area (Å²) >= 11 is 0. The maximum Gasteiger partial charge on any atom is 0.261 e. The van der Waals surface area contributed by atoms with E-state index in [1.165, 1.54) is 4.90 Å². The lowest BCUT2D eigenvalue weighted by molar-refractivity contribution is -0.111. The third kappa shape index (κ3) is 3.85. The van der Waals surface area contributed by atoms with Crippen molar-refractivity contribution in [2.45, 2.75) is 65.4 Å². The Hall–Kier alpha value is -1.68. The van der Waals surface area contributed by atoms with E-state index in [1.807, 2.05) is 12.1 Å². The van der Waals surface area contributed by atoms with E-state index in [0.29, 0.717) is 23.6 Å². The van der Waals surface area contributed by atoms with E-state index in [-0.39, 0.29) is 22.8 Å². The minimum Gasteiger partial charge on any atom is -0.376 e. The highest BCUT2D eigenvalue weighted by Gasteiger charge is 2.42. The molecule has 2 amide bonds. The molecule has 1 saturated heterocycles. The smallest absolute Gasteiger partial charge is 0.261 e. The molecule has 0 aliphatic carbocycles. The van der Waals surface area contributed by atoms with Gasteiger partial charge in [0.15, 0.2) is 0 Å². The quantitative estimate of drug-likeness (QED) is 0.694. The van der Waals surface area contributed by atoms with Crippen molar-refractivity contribution in [1.29, 1.82) is 0 Å². The summed E-state index contributed by atoms with van der Waals surface area (Å²) in [6, 6.07) is 7.14. The number of carbonyl (C=O) groups is 2. The molecular weight excluding hydrogens is 326 g/mol. The van der Waals surface area contributed by atoms with Gasteiger partial charge in [0.1, 0.15) is 0 Å². The third-order valence-corrected chi connectivity index (χ3v) is 5.92. The Morgan fingerprint density at radius 2 is 1.69 bits per heavy atom. The van der Waals surface area contributed by atoms with Crippen LogP contribution in [0.15, 0.2) is 24.3 Å². The van der Waals surface area contributed by atoms with Gasteiger partial charge in [-0.2, -0.15) is 0 Å². The Kier molecular flexibility index (Phi) is 5.25. The third-order valence-electron chi connectivity index (χ3n) is 5.92. The second-order valence-corrected chi connectivity index (χ2v) is 9.02. The fourth-order valence-corrected chi connectivity index (χ4v) is 4.52. The monoisotopic (exact) mass is 357 g/mol. The van der Waals surface area contributed by atoms with E-state index in [0.717, 1.165) is 38.7 Å². The highest BCUT2D eigenvalue weighted by Crippen LogP contribution is 2.46. The molecule has 0 aromatic heterocycles. The molecule has 2 aliphatic heterocycles. The summed E-state index contributed by atoms with van der Waals surface area (Å²) in [5.74, 6) is 0.365. The number of nitrogens with zero attached hydrogens (tertiary/aromatic N) is 1. The second-order valence-electron chi connectivity index (χ2n) is 9.02. The Bertz CT molecular complexity index is 659. The number of benzene rings is 1. The predicted molar refractivity (Wildman–Crippen MR) is 102 cm³/mol. The largest absolute Gasteiger partial charge is 0.376 e. The number of carbonyl (C=O) groups excluding carboxylic acids is 2. The van der Waals surface area contributed by atoms with Gasteiger partial charge in [-0.1, -0.05) is 32.4 Å². The summed E-state index contributed by atoms with van der Waals surface area (Å²) in [5, 5.41) is 0. The first-order chi connectivity index (χ1) is 12.2. The topological polar surface area (TPSA) is 46.6 Å². The number of rotatable bonds is 6. The van der Waals surface area contributed by atoms with Crippen molar-refractivity contribution in [3.05, 3.63) is 35.4 Å². The van der Waals surface area contributed by atoms with Crippen LogP contribution >= 0.6 is 0 Å². The summed E-state index contributed by atoms with van der Waals surface area (Å²) in [5.41, 5.74) is 1.08. The van der Waals surface area contributed by atoms with E-state index in [2.05, 4.69) is 27.7 Å². The predicted octanol–water partition coefficient (Wildman–Crippen LogP) is 4.68. The fraction of sp³-hybridized carbons (Fsp3) is 0.636. The molecule has 2 aliphatic rings. The Morgan fingerprint density at radius 3 is 2.23 bits per heavy atom. The van der Waals surface area contributed by atoms with E-state index >= 15 is 0 Å². The fourth-order valence-electron chi connectivity index (χ4n) is 4.52. The molecule has 142 valence electrons. The zero-order valence-corrected chi connectivity index (χ0v) is 16.5. The van der Waals surface area contributed by atoms with Crippen LogP contribution in [-0.2, 0) is 4.74 Å². The molecule has 1 atom stereocenters. The van der Waals surface area contributed by atoms with Gasteiger partial charge < -0.3 is 4.74 Å². The number of hydrogen-bond acceptors (Lipinski definition) is 3. The number of fused-ring (bicyclic) bond motifs is 1. The van der Waals surface area contributed by atoms with Gasteiger partial charge in [-0.3, -0.25) is 14.5 Å². The maximum absolute atomic E-state index is 12.7. The first-order valence-electron chi connectivity index (χ1n) is 9.82. The zero-order chi connectivity index (χ0) is 18.9. The van der Waals surface area contributed by atoms with E-state index in [9.17, 15) is 9.59 Å². The Labute approximate surface area is 156 Å². The lowest BCUT2D eigenvalue weighted by Gasteiger charge is -2.46. The molecule has 0 N–H and O–H groups in total. The average molecular weight is 357 g/mol. The summed E-state index contributed by atoms with van der Waals surface area (Å²) in [4.78, 5) is 26.8. The van der Waals surface area contributed by atoms with E-state index < -0.39 is 0 Å². The molecule has 2 heterocycles. The lowest BCUT2D eigenvalue weighted by Crippen LogP contribution is -2.44. The van der Waals surface area contributed by atoms with Crippen LogP contribution in [0.3, 0.4) is 0 Å². The summed E-state index contributed by atoms with van der Waals surface area (Å²) in [7, 11) is 0. The van der Waals surface area contributed by atoms with Gasteiger partial charge in [0.25, 0.3) is 11.8 Å². The molecule has 3 rings (SSSR count). The highest BCUT2D eigenvalue weighted by molar-refractivity contribution is 6.21. The lowest BCUT2D eigenvalue weighted by atomic mass is 9.68. The second kappa shape index (κ2) is 7.15. The van der Waals surface area contributed by atoms with Crippen LogP contribution in [0.2, 0.25) is 0 Å². The SMILES string of the molecule is CC(C)CC[C@@]1(CCN2C(=O)c3ccccc3C2=O)CCOC(C)(C)C1. The van der Waals surface area contributed by atoms with Crippen molar-refractivity contribution < 1.29 is 14.3 Å². The van der Waals surface area contributed by atoms with Crippen LogP contribution in [0.1, 0.15) is 80.5 Å². The first kappa shape index (κ1) is 19.1. The number of amides is 2. The number of ether oxygens (including phenoxy) is 1. The molecule has 0 bridgehead atoms. The molecule has 4 nitrogen and oxygen atoms in total. The van der Waals surface area contributed by atoms with Crippen LogP contribution in [0, 0.1) is 11.3 Å². The van der Waals surface area contributed by atoms with Crippen molar-refractivity contribution in [2.75, 3.05) is 13.2 Å². The van der Waals surface area contributed by atoms with Gasteiger partial charge in [0, 0.05) is 13.2 Å². The normalized spacial score (nSPS) is 25.0. The summed E-state index contributed by atoms with van der Waals surface area (Å²) < 4.78 is 5.94. The minimum atomic E-state index is -0.143. The standard InChI is InChI=1S/C22H31NO3/c1-16(2)9-10-22(12-14-26-21(3,4)15-22)11-13-23-19(24)17-7-5-6-8-18(17)20(23)25/h5-8,16H,9-15H2,1-4H3/t22-/m1/s1. The van der Waals surface area contributed by atoms with E-state index in [1.54, 1.807) is 12.1 Å². The van der Waals surface area contributed by atoms with Crippen LogP contribution in [0.5, 0.6) is 0 Å². The minimum absolute atomic E-state index is 0.140. The van der Waals surface area contributed by atoms with Gasteiger partial charge in [-0.25, -0.2) is 0 Å². The van der Waals surface area contributed by atoms with Crippen LogP contribution in [0.25, 0.3) is 0 Å². The molecule has 0 radical (unpaired) electrons. The first-order valence-corrected chi connectivity index (χ1v) is 9.82. The van der Waals surface area contributed by atoms with Crippen molar-refractivity contribution in [1.82, 2.24) is 4.90 Å². The maximum atomic E-state index is 12.7. The molecule has 0 spiro atoms. The molecule has 1 fully saturated rings. The Balaban J connectivity index is 1.74. The molecule has 1 aromatic rings. The van der Waals surface area contributed by atoms with Gasteiger partial charge in [-0.15, -0.1) is 0 Å². The van der Waals surface area contributed by atoms with Crippen molar-refractivity contribution in [2.24, 2.45) is 11.3 Å². The Morgan fingerprint density at radius 1 is 1.08 bits per heavy atom. The van der Waals surface area contributed by atoms with Crippen molar-refractivity contribution >= 4 is 11.8 Å². The molecule has 26 heavy (non-hydrogen) atoms. The van der Waals surface area contributed by atoms with Gasteiger partial charge >= 0.3 is 0 Å². The molecular formula is C22H31NO3. The summed E-state index contributed by atoms with van der Waals surface area (Å²) in [6.45, 7) is 10.1. The highest BCUT2D eigenvalue weighted by atomic mass is 16.5. The van der Waals surface area contributed by atoms with Gasteiger partial charge in [-0.05, 0) is 63.0 Å². The van der Waals surface area contributed by atoms with Crippen LogP contribution < -0.4 is 0 Å². The van der Waals surface area contributed by atoms with Gasteiger partial charge in [0.2, 0.25) is 0 Å². The van der Waals surface area contributed by atoms with Crippen LogP contribution in [-0.4, -0.2) is 35.5 Å². The molecule has 0 saturated carbocycles. The summed E-state index contributed by atoms with van der Waals surface area (Å²) in [6.07, 6.45) is 5.14. The van der Waals surface area contributed by atoms with Crippen molar-refractivity contribution in [3.63, 3.8) is 0 Å². The molecule has 0 unspecified atom stereocenters. The zero-order valence-electron chi connectivity index (χ0n) is 16.5. The van der Waals surface area contributed by atoms with Crippen molar-refractivity contribution in [3.8, 4) is 0 Å². The van der Waals surface area contributed by atoms with E-state index in [4.69, 9.17) is 4.74 Å².